The molecule has 0 radical (unpaired) electrons. The number of rotatable bonds is 3. The highest BCUT2D eigenvalue weighted by Crippen LogP contribution is 2.44. The van der Waals surface area contributed by atoms with E-state index in [4.69, 9.17) is 33.0 Å². The van der Waals surface area contributed by atoms with Crippen LogP contribution in [0.3, 0.4) is 0 Å². The maximum Gasteiger partial charge on any atom is 0.417 e. The van der Waals surface area contributed by atoms with E-state index < -0.39 is 29.2 Å². The van der Waals surface area contributed by atoms with E-state index in [0.29, 0.717) is 11.6 Å². The number of carboxylic acid groups (broad SMARTS) is 1. The molecule has 0 aromatic heterocycles. The molecule has 0 atom stereocenters. The van der Waals surface area contributed by atoms with Crippen LogP contribution < -0.4 is 0 Å². The van der Waals surface area contributed by atoms with Crippen LogP contribution in [0.5, 0.6) is 0 Å². The van der Waals surface area contributed by atoms with Gasteiger partial charge in [0.25, 0.3) is 0 Å². The first-order chi connectivity index (χ1) is 14.5. The van der Waals surface area contributed by atoms with Crippen LogP contribution in [0.4, 0.5) is 18.0 Å². The molecule has 2 aliphatic rings. The first-order valence-corrected chi connectivity index (χ1v) is 9.79. The summed E-state index contributed by atoms with van der Waals surface area (Å²) in [6.45, 7) is 0.468. The minimum absolute atomic E-state index is 0.0148. The zero-order valence-electron chi connectivity index (χ0n) is 15.7. The maximum atomic E-state index is 13.6. The summed E-state index contributed by atoms with van der Waals surface area (Å²) in [4.78, 5) is 24.9. The lowest BCUT2D eigenvalue weighted by Crippen LogP contribution is -2.60. The first kappa shape index (κ1) is 21.7. The van der Waals surface area contributed by atoms with Crippen LogP contribution >= 0.6 is 23.2 Å². The van der Waals surface area contributed by atoms with Crippen LogP contribution in [0, 0.1) is 0 Å². The molecule has 1 saturated heterocycles. The predicted molar refractivity (Wildman–Crippen MR) is 107 cm³/mol. The van der Waals surface area contributed by atoms with Gasteiger partial charge in [0.15, 0.2) is 5.78 Å². The van der Waals surface area contributed by atoms with Crippen molar-refractivity contribution in [1.29, 1.82) is 0 Å². The number of alkyl halides is 3. The summed E-state index contributed by atoms with van der Waals surface area (Å²) in [6.07, 6.45) is -5.34. The second-order valence-electron chi connectivity index (χ2n) is 7.37. The molecule has 2 heterocycles. The summed E-state index contributed by atoms with van der Waals surface area (Å²) in [5, 5.41) is 9.06. The fourth-order valence-corrected chi connectivity index (χ4v) is 4.35. The third kappa shape index (κ3) is 4.03. The third-order valence-corrected chi connectivity index (χ3v) is 5.74. The number of carbonyl (C=O) groups excluding carboxylic acids is 1. The van der Waals surface area contributed by atoms with Gasteiger partial charge in [0.1, 0.15) is 5.60 Å². The predicted octanol–water partition coefficient (Wildman–Crippen LogP) is 5.54. The zero-order chi connectivity index (χ0) is 22.6. The lowest BCUT2D eigenvalue weighted by Gasteiger charge is -2.45. The number of halogens is 5. The summed E-state index contributed by atoms with van der Waals surface area (Å²) in [5.74, 6) is -0.840. The molecule has 31 heavy (non-hydrogen) atoms. The fraction of sp³-hybridized carbons (Fsp3) is 0.238. The molecule has 0 bridgehead atoms. The van der Waals surface area contributed by atoms with Crippen molar-refractivity contribution in [2.24, 2.45) is 0 Å². The van der Waals surface area contributed by atoms with Gasteiger partial charge in [-0.1, -0.05) is 35.3 Å². The number of fused-ring (bicyclic) bond motifs is 2. The number of allylic oxidation sites excluding steroid dienone is 2. The second-order valence-corrected chi connectivity index (χ2v) is 8.24. The molecule has 2 aromatic rings. The highest BCUT2D eigenvalue weighted by atomic mass is 35.5. The highest BCUT2D eigenvalue weighted by Gasteiger charge is 2.51. The summed E-state index contributed by atoms with van der Waals surface area (Å²) in [6, 6.07) is 7.97. The molecular formula is C21H14Cl2F3NO4. The number of ether oxygens (including phenoxy) is 1. The molecule has 1 fully saturated rings. The average molecular weight is 472 g/mol. The van der Waals surface area contributed by atoms with Crippen molar-refractivity contribution in [3.8, 4) is 0 Å². The zero-order valence-corrected chi connectivity index (χ0v) is 17.2. The van der Waals surface area contributed by atoms with Crippen molar-refractivity contribution < 1.29 is 32.6 Å². The number of nitrogens with zero attached hydrogens (tertiary/aromatic N) is 1. The van der Waals surface area contributed by atoms with Crippen molar-refractivity contribution in [2.45, 2.75) is 18.4 Å². The van der Waals surface area contributed by atoms with Crippen molar-refractivity contribution in [3.63, 3.8) is 0 Å². The van der Waals surface area contributed by atoms with Gasteiger partial charge in [-0.2, -0.15) is 13.2 Å². The molecule has 0 aliphatic carbocycles. The first-order valence-electron chi connectivity index (χ1n) is 9.03. The Labute approximate surface area is 184 Å². The Morgan fingerprint density at radius 2 is 1.71 bits per heavy atom. The van der Waals surface area contributed by atoms with Crippen molar-refractivity contribution >= 4 is 40.7 Å². The molecule has 5 nitrogen and oxygen atoms in total. The fourth-order valence-electron chi connectivity index (χ4n) is 3.82. The quantitative estimate of drug-likeness (QED) is 0.471. The molecule has 1 amide bonds. The molecule has 4 rings (SSSR count). The van der Waals surface area contributed by atoms with Gasteiger partial charge in [-0.05, 0) is 47.0 Å². The van der Waals surface area contributed by atoms with Crippen LogP contribution in [0.15, 0.2) is 42.5 Å². The molecule has 2 aliphatic heterocycles. The lowest BCUT2D eigenvalue weighted by atomic mass is 9.84. The minimum atomic E-state index is -4.81. The monoisotopic (exact) mass is 471 g/mol. The van der Waals surface area contributed by atoms with E-state index in [1.54, 1.807) is 6.07 Å². The molecule has 2 aromatic carbocycles. The van der Waals surface area contributed by atoms with Gasteiger partial charge in [-0.25, -0.2) is 4.79 Å². The Morgan fingerprint density at radius 3 is 2.29 bits per heavy atom. The van der Waals surface area contributed by atoms with E-state index in [1.807, 2.05) is 0 Å². The van der Waals surface area contributed by atoms with E-state index in [9.17, 15) is 22.8 Å². The van der Waals surface area contributed by atoms with Crippen molar-refractivity contribution in [1.82, 2.24) is 4.90 Å². The van der Waals surface area contributed by atoms with E-state index in [1.165, 1.54) is 23.1 Å². The van der Waals surface area contributed by atoms with Gasteiger partial charge in [-0.3, -0.25) is 4.79 Å². The van der Waals surface area contributed by atoms with Gasteiger partial charge >= 0.3 is 12.3 Å². The SMILES string of the molecule is O=C(/C=C(/c1cc(Cl)cc(Cl)c1)C(F)(F)F)c1ccc2c(c1)COC21CN(C(=O)O)C1. The number of hydrogen-bond donors (Lipinski definition) is 1. The Balaban J connectivity index is 1.65. The van der Waals surface area contributed by atoms with Crippen molar-refractivity contribution in [3.05, 3.63) is 74.8 Å². The molecule has 1 N–H and O–H groups in total. The number of hydrogen-bond acceptors (Lipinski definition) is 3. The summed E-state index contributed by atoms with van der Waals surface area (Å²) in [5.41, 5.74) is -0.799. The Hall–Kier alpha value is -2.55. The lowest BCUT2D eigenvalue weighted by molar-refractivity contribution is -0.129. The van der Waals surface area contributed by atoms with E-state index >= 15 is 0 Å². The Morgan fingerprint density at radius 1 is 1.06 bits per heavy atom. The number of ketones is 1. The highest BCUT2D eigenvalue weighted by molar-refractivity contribution is 6.35. The Bertz CT molecular complexity index is 1100. The van der Waals surface area contributed by atoms with Crippen LogP contribution in [-0.2, 0) is 16.9 Å². The molecule has 162 valence electrons. The van der Waals surface area contributed by atoms with Crippen molar-refractivity contribution in [2.75, 3.05) is 13.1 Å². The summed E-state index contributed by atoms with van der Waals surface area (Å²) < 4.78 is 46.7. The second kappa shape index (κ2) is 7.55. The molecule has 0 saturated carbocycles. The number of amides is 1. The Kier molecular flexibility index (Phi) is 5.28. The number of benzene rings is 2. The van der Waals surface area contributed by atoms with Crippen LogP contribution in [0.25, 0.3) is 5.57 Å². The van der Waals surface area contributed by atoms with Gasteiger partial charge in [-0.15, -0.1) is 0 Å². The van der Waals surface area contributed by atoms with E-state index in [0.717, 1.165) is 17.7 Å². The molecule has 0 unspecified atom stereocenters. The van der Waals surface area contributed by atoms with Gasteiger partial charge in [0.05, 0.1) is 25.3 Å². The smallest absolute Gasteiger partial charge is 0.417 e. The van der Waals surface area contributed by atoms with Crippen LogP contribution in [0.1, 0.15) is 27.0 Å². The summed E-state index contributed by atoms with van der Waals surface area (Å²) in [7, 11) is 0. The normalized spacial score (nSPS) is 17.5. The van der Waals surface area contributed by atoms with Crippen LogP contribution in [-0.4, -0.2) is 41.1 Å². The minimum Gasteiger partial charge on any atom is -0.465 e. The number of carbonyl (C=O) groups is 2. The summed E-state index contributed by atoms with van der Waals surface area (Å²) >= 11 is 11.6. The van der Waals surface area contributed by atoms with Gasteiger partial charge in [0.2, 0.25) is 0 Å². The van der Waals surface area contributed by atoms with Crippen LogP contribution in [0.2, 0.25) is 10.0 Å². The van der Waals surface area contributed by atoms with Gasteiger partial charge in [0, 0.05) is 15.6 Å². The maximum absolute atomic E-state index is 13.6. The average Bonchev–Trinajstić information content (AvgIpc) is 3.01. The molecule has 10 heteroatoms. The largest absolute Gasteiger partial charge is 0.465 e. The third-order valence-electron chi connectivity index (χ3n) is 5.30. The number of likely N-dealkylation sites (tertiary alicyclic amines) is 1. The van der Waals surface area contributed by atoms with E-state index in [2.05, 4.69) is 0 Å². The van der Waals surface area contributed by atoms with Gasteiger partial charge < -0.3 is 14.7 Å². The standard InChI is InChI=1S/C21H14Cl2F3NO4/c22-14-4-12(5-15(23)6-14)17(21(24,25)26)7-18(28)11-1-2-16-13(3-11)8-31-20(16)9-27(10-20)19(29)30/h1-7H,8-10H2,(H,29,30)/b17-7-. The topological polar surface area (TPSA) is 66.8 Å². The molecule has 1 spiro atoms. The molecular weight excluding hydrogens is 458 g/mol. The van der Waals surface area contributed by atoms with E-state index in [-0.39, 0.29) is 40.9 Å².